The third-order valence-electron chi connectivity index (χ3n) is 1.95. The molecule has 90 valence electrons. The Morgan fingerprint density at radius 3 is 2.50 bits per heavy atom. The third-order valence-corrected chi connectivity index (χ3v) is 1.95. The molecule has 0 radical (unpaired) electrons. The van der Waals surface area contributed by atoms with Gasteiger partial charge in [0.25, 0.3) is 0 Å². The number of ether oxygens (including phenoxy) is 1. The van der Waals surface area contributed by atoms with Crippen LogP contribution in [0.4, 0.5) is 0 Å². The number of carbonyl (C=O) groups excluding carboxylic acids is 2. The van der Waals surface area contributed by atoms with Gasteiger partial charge in [0.15, 0.2) is 0 Å². The molecule has 0 aromatic heterocycles. The van der Waals surface area contributed by atoms with Crippen molar-refractivity contribution in [2.75, 3.05) is 20.2 Å². The quantitative estimate of drug-likeness (QED) is 0.365. The van der Waals surface area contributed by atoms with Gasteiger partial charge in [0, 0.05) is 0 Å². The van der Waals surface area contributed by atoms with Gasteiger partial charge >= 0.3 is 5.97 Å². The molecule has 16 heavy (non-hydrogen) atoms. The van der Waals surface area contributed by atoms with E-state index in [-0.39, 0.29) is 18.4 Å². The average Bonchev–Trinajstić information content (AvgIpc) is 2.25. The molecular formula is C11H18N2O3. The van der Waals surface area contributed by atoms with Crippen LogP contribution in [0.5, 0.6) is 0 Å². The van der Waals surface area contributed by atoms with Gasteiger partial charge in [-0.2, -0.15) is 0 Å². The first-order valence-corrected chi connectivity index (χ1v) is 5.04. The van der Waals surface area contributed by atoms with E-state index in [4.69, 9.17) is 6.42 Å². The van der Waals surface area contributed by atoms with E-state index in [1.807, 2.05) is 13.8 Å². The SMILES string of the molecule is C#CCNCC(=O)NC(C(=O)OC)C(C)C. The van der Waals surface area contributed by atoms with Crippen molar-refractivity contribution < 1.29 is 14.3 Å². The molecule has 0 aliphatic rings. The Labute approximate surface area is 95.9 Å². The normalized spacial score (nSPS) is 11.7. The molecule has 0 saturated heterocycles. The molecule has 0 aromatic carbocycles. The van der Waals surface area contributed by atoms with Gasteiger partial charge in [0.2, 0.25) is 5.91 Å². The maximum Gasteiger partial charge on any atom is 0.328 e. The summed E-state index contributed by atoms with van der Waals surface area (Å²) >= 11 is 0. The van der Waals surface area contributed by atoms with Gasteiger partial charge in [0.05, 0.1) is 20.2 Å². The highest BCUT2D eigenvalue weighted by atomic mass is 16.5. The predicted molar refractivity (Wildman–Crippen MR) is 60.5 cm³/mol. The number of methoxy groups -OCH3 is 1. The molecule has 0 bridgehead atoms. The molecule has 1 amide bonds. The first-order chi connectivity index (χ1) is 7.52. The summed E-state index contributed by atoms with van der Waals surface area (Å²) < 4.78 is 4.59. The van der Waals surface area contributed by atoms with Crippen molar-refractivity contribution in [2.24, 2.45) is 5.92 Å². The molecule has 5 nitrogen and oxygen atoms in total. The topological polar surface area (TPSA) is 67.4 Å². The molecule has 0 fully saturated rings. The fourth-order valence-electron chi connectivity index (χ4n) is 1.10. The van der Waals surface area contributed by atoms with E-state index in [1.165, 1.54) is 7.11 Å². The highest BCUT2D eigenvalue weighted by Crippen LogP contribution is 2.02. The van der Waals surface area contributed by atoms with Crippen LogP contribution in [0.3, 0.4) is 0 Å². The van der Waals surface area contributed by atoms with Crippen molar-refractivity contribution in [1.29, 1.82) is 0 Å². The standard InChI is InChI=1S/C11H18N2O3/c1-5-6-12-7-9(14)13-10(8(2)3)11(15)16-4/h1,8,10,12H,6-7H2,2-4H3,(H,13,14). The van der Waals surface area contributed by atoms with E-state index >= 15 is 0 Å². The van der Waals surface area contributed by atoms with Gasteiger partial charge in [-0.3, -0.25) is 10.1 Å². The molecule has 0 spiro atoms. The maximum absolute atomic E-state index is 11.4. The minimum absolute atomic E-state index is 0.0240. The van der Waals surface area contributed by atoms with Gasteiger partial charge in [-0.05, 0) is 5.92 Å². The monoisotopic (exact) mass is 226 g/mol. The third kappa shape index (κ3) is 5.37. The summed E-state index contributed by atoms with van der Waals surface area (Å²) in [5.41, 5.74) is 0. The zero-order chi connectivity index (χ0) is 12.6. The van der Waals surface area contributed by atoms with Gasteiger partial charge in [-0.1, -0.05) is 19.8 Å². The van der Waals surface area contributed by atoms with Crippen LogP contribution >= 0.6 is 0 Å². The Morgan fingerprint density at radius 2 is 2.06 bits per heavy atom. The van der Waals surface area contributed by atoms with Crippen molar-refractivity contribution in [3.63, 3.8) is 0 Å². The van der Waals surface area contributed by atoms with E-state index in [1.54, 1.807) is 0 Å². The first kappa shape index (κ1) is 14.5. The van der Waals surface area contributed by atoms with Crippen molar-refractivity contribution >= 4 is 11.9 Å². The van der Waals surface area contributed by atoms with Gasteiger partial charge < -0.3 is 10.1 Å². The van der Waals surface area contributed by atoms with Gasteiger partial charge in [-0.25, -0.2) is 4.79 Å². The van der Waals surface area contributed by atoms with Crippen LogP contribution in [0.2, 0.25) is 0 Å². The lowest BCUT2D eigenvalue weighted by Crippen LogP contribution is -2.47. The Kier molecular flexibility index (Phi) is 6.97. The fourth-order valence-corrected chi connectivity index (χ4v) is 1.10. The number of rotatable bonds is 6. The lowest BCUT2D eigenvalue weighted by Gasteiger charge is -2.19. The summed E-state index contributed by atoms with van der Waals surface area (Å²) in [6, 6.07) is -0.620. The number of terminal acetylenes is 1. The lowest BCUT2D eigenvalue weighted by molar-refractivity contribution is -0.146. The van der Waals surface area contributed by atoms with Crippen molar-refractivity contribution in [3.8, 4) is 12.3 Å². The van der Waals surface area contributed by atoms with Crippen molar-refractivity contribution in [2.45, 2.75) is 19.9 Å². The van der Waals surface area contributed by atoms with Crippen LogP contribution in [-0.2, 0) is 14.3 Å². The number of nitrogens with one attached hydrogen (secondary N) is 2. The second-order valence-corrected chi connectivity index (χ2v) is 3.62. The van der Waals surface area contributed by atoms with E-state index in [2.05, 4.69) is 21.3 Å². The minimum Gasteiger partial charge on any atom is -0.467 e. The highest BCUT2D eigenvalue weighted by Gasteiger charge is 2.24. The molecule has 0 aliphatic heterocycles. The molecule has 2 N–H and O–H groups in total. The predicted octanol–water partition coefficient (Wildman–Crippen LogP) is -0.477. The molecule has 0 heterocycles. The zero-order valence-electron chi connectivity index (χ0n) is 9.87. The Hall–Kier alpha value is -1.54. The Bertz CT molecular complexity index is 281. The van der Waals surface area contributed by atoms with Gasteiger partial charge in [-0.15, -0.1) is 6.42 Å². The molecule has 0 aliphatic carbocycles. The molecule has 0 aromatic rings. The maximum atomic E-state index is 11.4. The summed E-state index contributed by atoms with van der Waals surface area (Å²) in [5.74, 6) is 1.60. The Balaban J connectivity index is 4.15. The van der Waals surface area contributed by atoms with E-state index in [0.29, 0.717) is 6.54 Å². The van der Waals surface area contributed by atoms with Crippen LogP contribution in [0, 0.1) is 18.3 Å². The van der Waals surface area contributed by atoms with Crippen LogP contribution in [0.25, 0.3) is 0 Å². The summed E-state index contributed by atoms with van der Waals surface area (Å²) in [4.78, 5) is 22.7. The number of carbonyl (C=O) groups is 2. The summed E-state index contributed by atoms with van der Waals surface area (Å²) in [6.07, 6.45) is 5.02. The molecular weight excluding hydrogens is 208 g/mol. The van der Waals surface area contributed by atoms with Crippen LogP contribution in [0.1, 0.15) is 13.8 Å². The number of amides is 1. The fraction of sp³-hybridized carbons (Fsp3) is 0.636. The van der Waals surface area contributed by atoms with E-state index in [0.717, 1.165) is 0 Å². The van der Waals surface area contributed by atoms with Crippen molar-refractivity contribution in [1.82, 2.24) is 10.6 Å². The lowest BCUT2D eigenvalue weighted by atomic mass is 10.0. The van der Waals surface area contributed by atoms with E-state index in [9.17, 15) is 9.59 Å². The number of hydrogen-bond acceptors (Lipinski definition) is 4. The minimum atomic E-state index is -0.620. The van der Waals surface area contributed by atoms with Crippen molar-refractivity contribution in [3.05, 3.63) is 0 Å². The molecule has 0 rings (SSSR count). The average molecular weight is 226 g/mol. The van der Waals surface area contributed by atoms with Crippen LogP contribution in [0.15, 0.2) is 0 Å². The molecule has 1 atom stereocenters. The zero-order valence-corrected chi connectivity index (χ0v) is 9.87. The van der Waals surface area contributed by atoms with E-state index < -0.39 is 12.0 Å². The second-order valence-electron chi connectivity index (χ2n) is 3.62. The summed E-state index contributed by atoms with van der Waals surface area (Å²) in [5, 5.41) is 5.32. The molecule has 0 saturated carbocycles. The van der Waals surface area contributed by atoms with Crippen LogP contribution < -0.4 is 10.6 Å². The summed E-state index contributed by atoms with van der Waals surface area (Å²) in [6.45, 7) is 4.07. The van der Waals surface area contributed by atoms with Crippen LogP contribution in [-0.4, -0.2) is 38.1 Å². The first-order valence-electron chi connectivity index (χ1n) is 5.04. The largest absolute Gasteiger partial charge is 0.467 e. The Morgan fingerprint density at radius 1 is 1.44 bits per heavy atom. The molecule has 1 unspecified atom stereocenters. The number of esters is 1. The number of hydrogen-bond donors (Lipinski definition) is 2. The molecule has 5 heteroatoms. The summed E-state index contributed by atoms with van der Waals surface area (Å²) in [7, 11) is 1.29. The van der Waals surface area contributed by atoms with Gasteiger partial charge in [0.1, 0.15) is 6.04 Å². The second kappa shape index (κ2) is 7.71. The smallest absolute Gasteiger partial charge is 0.328 e. The highest BCUT2D eigenvalue weighted by molar-refractivity contribution is 5.85.